The first-order valence-electron chi connectivity index (χ1n) is 6.05. The third kappa shape index (κ3) is 4.00. The lowest BCUT2D eigenvalue weighted by Crippen LogP contribution is -2.56. The normalized spacial score (nSPS) is 24.6. The molecule has 1 unspecified atom stereocenters. The van der Waals surface area contributed by atoms with Crippen LogP contribution in [0.5, 0.6) is 0 Å². The van der Waals surface area contributed by atoms with Crippen LogP contribution < -0.4 is 10.6 Å². The van der Waals surface area contributed by atoms with E-state index in [1.54, 1.807) is 0 Å². The summed E-state index contributed by atoms with van der Waals surface area (Å²) in [7, 11) is 0. The van der Waals surface area contributed by atoms with Crippen LogP contribution in [-0.2, 0) is 9.59 Å². The zero-order valence-corrected chi connectivity index (χ0v) is 10.8. The summed E-state index contributed by atoms with van der Waals surface area (Å²) >= 11 is 0. The number of aliphatic carboxylic acids is 1. The van der Waals surface area contributed by atoms with Gasteiger partial charge in [-0.3, -0.25) is 9.59 Å². The van der Waals surface area contributed by atoms with Gasteiger partial charge in [-0.2, -0.15) is 0 Å². The smallest absolute Gasteiger partial charge is 0.303 e. The molecule has 1 aliphatic rings. The van der Waals surface area contributed by atoms with Crippen molar-refractivity contribution in [3.05, 3.63) is 0 Å². The maximum absolute atomic E-state index is 12.1. The largest absolute Gasteiger partial charge is 0.481 e. The van der Waals surface area contributed by atoms with Crippen LogP contribution in [0.4, 0.5) is 0 Å². The van der Waals surface area contributed by atoms with E-state index in [2.05, 4.69) is 10.6 Å². The van der Waals surface area contributed by atoms with E-state index in [4.69, 9.17) is 5.11 Å². The molecule has 1 saturated heterocycles. The fraction of sp³-hybridized carbons (Fsp3) is 0.833. The second-order valence-electron chi connectivity index (χ2n) is 5.59. The molecule has 1 heterocycles. The molecule has 1 rings (SSSR count). The summed E-state index contributed by atoms with van der Waals surface area (Å²) in [5, 5.41) is 14.8. The molecule has 1 amide bonds. The third-order valence-electron chi connectivity index (χ3n) is 3.29. The highest BCUT2D eigenvalue weighted by atomic mass is 16.4. The Morgan fingerprint density at radius 1 is 1.47 bits per heavy atom. The van der Waals surface area contributed by atoms with E-state index >= 15 is 0 Å². The van der Waals surface area contributed by atoms with Crippen molar-refractivity contribution in [3.63, 3.8) is 0 Å². The van der Waals surface area contributed by atoms with E-state index < -0.39 is 17.0 Å². The standard InChI is InChI=1S/C12H22N2O3/c1-11(2,7-5-9(15)16)14-10(17)12(3)6-4-8-13-12/h13H,4-8H2,1-3H3,(H,14,17)(H,15,16). The highest BCUT2D eigenvalue weighted by Gasteiger charge is 2.38. The number of hydrogen-bond donors (Lipinski definition) is 3. The Kier molecular flexibility index (Phi) is 4.14. The van der Waals surface area contributed by atoms with Crippen LogP contribution in [0, 0.1) is 0 Å². The average molecular weight is 242 g/mol. The molecule has 98 valence electrons. The molecule has 0 aromatic heterocycles. The maximum Gasteiger partial charge on any atom is 0.303 e. The molecule has 1 aliphatic heterocycles. The molecule has 0 radical (unpaired) electrons. The molecule has 1 fully saturated rings. The molecule has 3 N–H and O–H groups in total. The molecule has 0 spiro atoms. The van der Waals surface area contributed by atoms with E-state index in [9.17, 15) is 9.59 Å². The van der Waals surface area contributed by atoms with Gasteiger partial charge in [0.2, 0.25) is 5.91 Å². The lowest BCUT2D eigenvalue weighted by atomic mass is 9.94. The van der Waals surface area contributed by atoms with E-state index in [0.717, 1.165) is 19.4 Å². The van der Waals surface area contributed by atoms with Crippen molar-refractivity contribution >= 4 is 11.9 Å². The SMILES string of the molecule is CC(C)(CCC(=O)O)NC(=O)C1(C)CCCN1. The van der Waals surface area contributed by atoms with Crippen molar-refractivity contribution in [1.82, 2.24) is 10.6 Å². The van der Waals surface area contributed by atoms with Crippen molar-refractivity contribution in [1.29, 1.82) is 0 Å². The second kappa shape index (κ2) is 5.04. The van der Waals surface area contributed by atoms with Gasteiger partial charge in [0.25, 0.3) is 0 Å². The number of carbonyl (C=O) groups is 2. The van der Waals surface area contributed by atoms with Crippen LogP contribution >= 0.6 is 0 Å². The van der Waals surface area contributed by atoms with Crippen molar-refractivity contribution in [3.8, 4) is 0 Å². The molecule has 0 bridgehead atoms. The van der Waals surface area contributed by atoms with E-state index in [1.165, 1.54) is 0 Å². The van der Waals surface area contributed by atoms with Gasteiger partial charge < -0.3 is 15.7 Å². The van der Waals surface area contributed by atoms with Crippen molar-refractivity contribution in [2.24, 2.45) is 0 Å². The van der Waals surface area contributed by atoms with Gasteiger partial charge in [-0.15, -0.1) is 0 Å². The Labute approximate surface area is 102 Å². The zero-order valence-electron chi connectivity index (χ0n) is 10.8. The van der Waals surface area contributed by atoms with Gasteiger partial charge in [-0.1, -0.05) is 0 Å². The molecule has 17 heavy (non-hydrogen) atoms. The zero-order chi connectivity index (χ0) is 13.1. The van der Waals surface area contributed by atoms with Crippen molar-refractivity contribution < 1.29 is 14.7 Å². The molecule has 0 aromatic rings. The first kappa shape index (κ1) is 14.0. The Morgan fingerprint density at radius 3 is 2.59 bits per heavy atom. The van der Waals surface area contributed by atoms with Crippen molar-refractivity contribution in [2.75, 3.05) is 6.54 Å². The van der Waals surface area contributed by atoms with Gasteiger partial charge in [0.1, 0.15) is 0 Å². The van der Waals surface area contributed by atoms with Gasteiger partial charge >= 0.3 is 5.97 Å². The minimum absolute atomic E-state index is 0.0367. The summed E-state index contributed by atoms with van der Waals surface area (Å²) < 4.78 is 0. The van der Waals surface area contributed by atoms with E-state index in [0.29, 0.717) is 6.42 Å². The Morgan fingerprint density at radius 2 is 2.12 bits per heavy atom. The number of carboxylic acid groups (broad SMARTS) is 1. The predicted molar refractivity (Wildman–Crippen MR) is 64.7 cm³/mol. The first-order chi connectivity index (χ1) is 7.75. The van der Waals surface area contributed by atoms with E-state index in [-0.39, 0.29) is 12.3 Å². The van der Waals surface area contributed by atoms with Crippen LogP contribution in [0.3, 0.4) is 0 Å². The van der Waals surface area contributed by atoms with E-state index in [1.807, 2.05) is 20.8 Å². The van der Waals surface area contributed by atoms with Crippen molar-refractivity contribution in [2.45, 2.75) is 57.5 Å². The molecule has 5 heteroatoms. The van der Waals surface area contributed by atoms with Gasteiger partial charge in [0.05, 0.1) is 5.54 Å². The molecular formula is C12H22N2O3. The summed E-state index contributed by atoms with van der Waals surface area (Å²) in [5.74, 6) is -0.872. The number of hydrogen-bond acceptors (Lipinski definition) is 3. The topological polar surface area (TPSA) is 78.4 Å². The number of carbonyl (C=O) groups excluding carboxylic acids is 1. The quantitative estimate of drug-likeness (QED) is 0.669. The minimum atomic E-state index is -0.836. The van der Waals surface area contributed by atoms with Gasteiger partial charge in [0, 0.05) is 12.0 Å². The highest BCUT2D eigenvalue weighted by molar-refractivity contribution is 5.86. The van der Waals surface area contributed by atoms with Gasteiger partial charge in [-0.25, -0.2) is 0 Å². The lowest BCUT2D eigenvalue weighted by molar-refractivity contribution is -0.138. The summed E-state index contributed by atoms with van der Waals surface area (Å²) in [4.78, 5) is 22.6. The second-order valence-corrected chi connectivity index (χ2v) is 5.59. The molecule has 0 aliphatic carbocycles. The Hall–Kier alpha value is -1.10. The molecule has 0 saturated carbocycles. The third-order valence-corrected chi connectivity index (χ3v) is 3.29. The van der Waals surface area contributed by atoms with Gasteiger partial charge in [0.15, 0.2) is 0 Å². The molecular weight excluding hydrogens is 220 g/mol. The highest BCUT2D eigenvalue weighted by Crippen LogP contribution is 2.21. The monoisotopic (exact) mass is 242 g/mol. The minimum Gasteiger partial charge on any atom is -0.481 e. The van der Waals surface area contributed by atoms with Crippen LogP contribution in [0.1, 0.15) is 46.5 Å². The average Bonchev–Trinajstić information content (AvgIpc) is 2.63. The van der Waals surface area contributed by atoms with Crippen LogP contribution in [0.25, 0.3) is 0 Å². The number of amides is 1. The summed E-state index contributed by atoms with van der Waals surface area (Å²) in [6.45, 7) is 6.46. The fourth-order valence-corrected chi connectivity index (χ4v) is 2.02. The maximum atomic E-state index is 12.1. The summed E-state index contributed by atoms with van der Waals surface area (Å²) in [6, 6.07) is 0. The molecule has 0 aromatic carbocycles. The van der Waals surface area contributed by atoms with Crippen LogP contribution in [-0.4, -0.2) is 34.6 Å². The summed E-state index contributed by atoms with van der Waals surface area (Å²) in [5.41, 5.74) is -0.983. The Balaban J connectivity index is 2.51. The molecule has 5 nitrogen and oxygen atoms in total. The Bertz CT molecular complexity index is 307. The lowest BCUT2D eigenvalue weighted by Gasteiger charge is -2.31. The fourth-order valence-electron chi connectivity index (χ4n) is 2.02. The van der Waals surface area contributed by atoms with Crippen LogP contribution in [0.2, 0.25) is 0 Å². The number of rotatable bonds is 5. The van der Waals surface area contributed by atoms with Crippen LogP contribution in [0.15, 0.2) is 0 Å². The molecule has 1 atom stereocenters. The first-order valence-corrected chi connectivity index (χ1v) is 6.05. The number of carboxylic acids is 1. The summed E-state index contributed by atoms with van der Waals surface area (Å²) in [6.07, 6.45) is 2.33. The van der Waals surface area contributed by atoms with Gasteiger partial charge in [-0.05, 0) is 46.6 Å². The number of nitrogens with one attached hydrogen (secondary N) is 2. The predicted octanol–water partition coefficient (Wildman–Crippen LogP) is 0.888.